The quantitative estimate of drug-likeness (QED) is 0.318. The lowest BCUT2D eigenvalue weighted by Gasteiger charge is -2.28. The maximum atomic E-state index is 13.0. The van der Waals surface area contributed by atoms with Gasteiger partial charge >= 0.3 is 0 Å². The van der Waals surface area contributed by atoms with Crippen LogP contribution < -0.4 is 14.3 Å². The zero-order valence-electron chi connectivity index (χ0n) is 21.5. The number of carbonyl (C=O) groups is 1. The molecule has 0 unspecified atom stereocenters. The van der Waals surface area contributed by atoms with Crippen LogP contribution >= 0.6 is 0 Å². The lowest BCUT2D eigenvalue weighted by molar-refractivity contribution is -0.116. The highest BCUT2D eigenvalue weighted by molar-refractivity contribution is 7.92. The smallest absolute Gasteiger partial charge is 0.261 e. The molecule has 0 aliphatic carbocycles. The van der Waals surface area contributed by atoms with Gasteiger partial charge in [-0.15, -0.1) is 0 Å². The summed E-state index contributed by atoms with van der Waals surface area (Å²) in [4.78, 5) is 13.1. The molecular formula is C28H29N3O5S2. The normalized spacial score (nSPS) is 12.6. The number of carbonyl (C=O) groups excluding carboxylic acids is 1. The Kier molecular flexibility index (Phi) is 7.48. The fourth-order valence-electron chi connectivity index (χ4n) is 4.37. The monoisotopic (exact) mass is 551 g/mol. The molecule has 4 rings (SSSR count). The van der Waals surface area contributed by atoms with Crippen molar-refractivity contribution in [1.29, 1.82) is 0 Å². The number of nitrogens with zero attached hydrogens (tertiary/aromatic N) is 1. The van der Waals surface area contributed by atoms with Crippen LogP contribution in [0.4, 0.5) is 17.1 Å². The van der Waals surface area contributed by atoms with Crippen LogP contribution in [0.2, 0.25) is 0 Å². The molecule has 0 radical (unpaired) electrons. The molecule has 4 aromatic carbocycles. The van der Waals surface area contributed by atoms with Crippen molar-refractivity contribution in [3.63, 3.8) is 0 Å². The Bertz CT molecular complexity index is 1690. The molecule has 0 heterocycles. The summed E-state index contributed by atoms with van der Waals surface area (Å²) in [6, 6.07) is 22.8. The zero-order chi connectivity index (χ0) is 27.7. The Balaban J connectivity index is 1.53. The lowest BCUT2D eigenvalue weighted by atomic mass is 10.1. The average molecular weight is 552 g/mol. The van der Waals surface area contributed by atoms with Crippen LogP contribution in [0.3, 0.4) is 0 Å². The van der Waals surface area contributed by atoms with E-state index in [0.717, 1.165) is 32.5 Å². The highest BCUT2D eigenvalue weighted by Crippen LogP contribution is 2.27. The maximum Gasteiger partial charge on any atom is 0.261 e. The Hall–Kier alpha value is -3.89. The van der Waals surface area contributed by atoms with E-state index in [2.05, 4.69) is 10.0 Å². The van der Waals surface area contributed by atoms with E-state index in [4.69, 9.17) is 0 Å². The van der Waals surface area contributed by atoms with E-state index in [1.54, 1.807) is 24.3 Å². The van der Waals surface area contributed by atoms with Crippen molar-refractivity contribution >= 4 is 53.8 Å². The van der Waals surface area contributed by atoms with Gasteiger partial charge in [-0.05, 0) is 79.7 Å². The number of fused-ring (bicyclic) bond motifs is 1. The Morgan fingerprint density at radius 1 is 0.816 bits per heavy atom. The number of amides is 1. The predicted octanol–water partition coefficient (Wildman–Crippen LogP) is 5.05. The van der Waals surface area contributed by atoms with Gasteiger partial charge in [0.2, 0.25) is 15.9 Å². The van der Waals surface area contributed by atoms with Gasteiger partial charge in [0.05, 0.1) is 22.5 Å². The third kappa shape index (κ3) is 5.98. The first-order valence-corrected chi connectivity index (χ1v) is 15.2. The van der Waals surface area contributed by atoms with E-state index in [1.165, 1.54) is 31.2 Å². The third-order valence-corrected chi connectivity index (χ3v) is 8.64. The van der Waals surface area contributed by atoms with Gasteiger partial charge < -0.3 is 5.32 Å². The van der Waals surface area contributed by atoms with Gasteiger partial charge in [0.15, 0.2) is 0 Å². The first-order valence-electron chi connectivity index (χ1n) is 11.8. The molecule has 0 aliphatic heterocycles. The fourth-order valence-corrected chi connectivity index (χ4v) is 6.61. The van der Waals surface area contributed by atoms with Crippen LogP contribution in [0.5, 0.6) is 0 Å². The molecule has 0 spiro atoms. The van der Waals surface area contributed by atoms with Crippen molar-refractivity contribution in [3.8, 4) is 0 Å². The van der Waals surface area contributed by atoms with Crippen molar-refractivity contribution in [2.45, 2.75) is 31.7 Å². The average Bonchev–Trinajstić information content (AvgIpc) is 2.83. The number of aryl methyl sites for hydroxylation is 2. The minimum Gasteiger partial charge on any atom is -0.324 e. The minimum absolute atomic E-state index is 0.0180. The number of rotatable bonds is 8. The highest BCUT2D eigenvalue weighted by Gasteiger charge is 2.29. The van der Waals surface area contributed by atoms with E-state index >= 15 is 0 Å². The van der Waals surface area contributed by atoms with Gasteiger partial charge in [-0.3, -0.25) is 13.8 Å². The summed E-state index contributed by atoms with van der Waals surface area (Å²) in [6.07, 6.45) is 1.05. The predicted molar refractivity (Wildman–Crippen MR) is 153 cm³/mol. The van der Waals surface area contributed by atoms with E-state index in [9.17, 15) is 21.6 Å². The van der Waals surface area contributed by atoms with Gasteiger partial charge in [-0.1, -0.05) is 42.5 Å². The van der Waals surface area contributed by atoms with Crippen LogP contribution in [-0.2, 0) is 24.8 Å². The van der Waals surface area contributed by atoms with Crippen LogP contribution in [0.1, 0.15) is 18.1 Å². The molecule has 0 saturated carbocycles. The van der Waals surface area contributed by atoms with Crippen molar-refractivity contribution in [2.75, 3.05) is 20.6 Å². The fraction of sp³-hybridized carbons (Fsp3) is 0.179. The first kappa shape index (κ1) is 27.2. The van der Waals surface area contributed by atoms with Crippen molar-refractivity contribution in [1.82, 2.24) is 0 Å². The van der Waals surface area contributed by atoms with Crippen molar-refractivity contribution < 1.29 is 21.6 Å². The first-order chi connectivity index (χ1) is 17.8. The summed E-state index contributed by atoms with van der Waals surface area (Å²) in [5, 5.41) is 4.37. The van der Waals surface area contributed by atoms with Crippen molar-refractivity contribution in [2.24, 2.45) is 0 Å². The summed E-state index contributed by atoms with van der Waals surface area (Å²) in [7, 11) is -7.67. The maximum absolute atomic E-state index is 13.0. The van der Waals surface area contributed by atoms with E-state index in [0.29, 0.717) is 17.1 Å². The Morgan fingerprint density at radius 3 is 2.05 bits per heavy atom. The topological polar surface area (TPSA) is 113 Å². The molecule has 4 aromatic rings. The molecule has 0 aromatic heterocycles. The Labute approximate surface area is 223 Å². The molecule has 1 amide bonds. The summed E-state index contributed by atoms with van der Waals surface area (Å²) >= 11 is 0. The summed E-state index contributed by atoms with van der Waals surface area (Å²) in [5.74, 6) is -0.556. The molecule has 10 heteroatoms. The Morgan fingerprint density at radius 2 is 1.42 bits per heavy atom. The summed E-state index contributed by atoms with van der Waals surface area (Å²) in [6.45, 7) is 5.21. The SMILES string of the molecule is Cc1cc(C)cc(N([C@H](C)C(=O)Nc2ccc(S(=O)(=O)Nc3cccc4ccccc34)cc2)S(C)(=O)=O)c1. The minimum atomic E-state index is -3.89. The lowest BCUT2D eigenvalue weighted by Crippen LogP contribution is -2.45. The molecule has 8 nitrogen and oxygen atoms in total. The van der Waals surface area contributed by atoms with E-state index in [-0.39, 0.29) is 4.90 Å². The highest BCUT2D eigenvalue weighted by atomic mass is 32.2. The molecule has 198 valence electrons. The van der Waals surface area contributed by atoms with Crippen molar-refractivity contribution in [3.05, 3.63) is 96.1 Å². The van der Waals surface area contributed by atoms with Gasteiger partial charge in [-0.25, -0.2) is 16.8 Å². The molecule has 38 heavy (non-hydrogen) atoms. The van der Waals surface area contributed by atoms with Gasteiger partial charge in [0.1, 0.15) is 6.04 Å². The second kappa shape index (κ2) is 10.5. The second-order valence-electron chi connectivity index (χ2n) is 9.23. The molecular weight excluding hydrogens is 522 g/mol. The van der Waals surface area contributed by atoms with Gasteiger partial charge in [0.25, 0.3) is 10.0 Å². The van der Waals surface area contributed by atoms with E-state index in [1.807, 2.05) is 50.2 Å². The molecule has 1 atom stereocenters. The van der Waals surface area contributed by atoms with Gasteiger partial charge in [0, 0.05) is 11.1 Å². The third-order valence-electron chi connectivity index (χ3n) is 6.02. The number of sulfonamides is 2. The van der Waals surface area contributed by atoms with Crippen LogP contribution in [0.25, 0.3) is 10.8 Å². The summed E-state index contributed by atoms with van der Waals surface area (Å²) < 4.78 is 55.0. The number of hydrogen-bond donors (Lipinski definition) is 2. The van der Waals surface area contributed by atoms with Crippen LogP contribution in [0.15, 0.2) is 89.8 Å². The molecule has 0 saturated heterocycles. The number of hydrogen-bond acceptors (Lipinski definition) is 5. The molecule has 0 aliphatic rings. The number of anilines is 3. The number of nitrogens with one attached hydrogen (secondary N) is 2. The second-order valence-corrected chi connectivity index (χ2v) is 12.8. The van der Waals surface area contributed by atoms with Crippen LogP contribution in [-0.4, -0.2) is 35.0 Å². The molecule has 0 bridgehead atoms. The van der Waals surface area contributed by atoms with Gasteiger partial charge in [-0.2, -0.15) is 0 Å². The largest absolute Gasteiger partial charge is 0.324 e. The molecule has 0 fully saturated rings. The standard InChI is InChI=1S/C28H29N3O5S2/c1-19-16-20(2)18-24(17-19)31(37(4,33)34)21(3)28(32)29-23-12-14-25(15-13-23)38(35,36)30-27-11-7-9-22-8-5-6-10-26(22)27/h5-18,21,30H,1-4H3,(H,29,32)/t21-/m1/s1. The van der Waals surface area contributed by atoms with E-state index < -0.39 is 32.0 Å². The summed E-state index contributed by atoms with van der Waals surface area (Å²) in [5.41, 5.74) is 2.93. The number of benzene rings is 4. The van der Waals surface area contributed by atoms with Crippen LogP contribution in [0, 0.1) is 13.8 Å². The zero-order valence-corrected chi connectivity index (χ0v) is 23.1. The molecule has 2 N–H and O–H groups in total.